The topological polar surface area (TPSA) is 9.23 Å². The van der Waals surface area contributed by atoms with Crippen LogP contribution in [-0.4, -0.2) is 5.60 Å². The highest BCUT2D eigenvalue weighted by atomic mass is 16.5. The minimum Gasteiger partial charge on any atom is -0.366 e. The highest BCUT2D eigenvalue weighted by Crippen LogP contribution is 2.35. The number of hydrogen-bond acceptors (Lipinski definition) is 1. The normalized spacial score (nSPS) is 17.2. The second kappa shape index (κ2) is 6.04. The van der Waals surface area contributed by atoms with Gasteiger partial charge in [0.2, 0.25) is 0 Å². The second-order valence-corrected chi connectivity index (χ2v) is 5.33. The Morgan fingerprint density at radius 1 is 1.22 bits per heavy atom. The Morgan fingerprint density at radius 2 is 1.89 bits per heavy atom. The van der Waals surface area contributed by atoms with Crippen molar-refractivity contribution in [2.24, 2.45) is 0 Å². The smallest absolute Gasteiger partial charge is 0.0940 e. The monoisotopic (exact) mass is 242 g/mol. The molecule has 1 fully saturated rings. The molecular weight excluding hydrogens is 220 g/mol. The van der Waals surface area contributed by atoms with Crippen LogP contribution in [0, 0.1) is 0 Å². The Labute approximate surface area is 110 Å². The molecule has 18 heavy (non-hydrogen) atoms. The molecule has 1 aliphatic rings. The molecule has 0 saturated heterocycles. The fraction of sp³-hybridized carbons (Fsp3) is 0.471. The summed E-state index contributed by atoms with van der Waals surface area (Å²) >= 11 is 0. The van der Waals surface area contributed by atoms with E-state index in [2.05, 4.69) is 49.9 Å². The van der Waals surface area contributed by atoms with Crippen molar-refractivity contribution >= 4 is 0 Å². The zero-order valence-corrected chi connectivity index (χ0v) is 11.4. The maximum Gasteiger partial charge on any atom is 0.0940 e. The van der Waals surface area contributed by atoms with Crippen LogP contribution in [-0.2, 0) is 11.3 Å². The summed E-state index contributed by atoms with van der Waals surface area (Å²) in [7, 11) is 0. The lowest BCUT2D eigenvalue weighted by molar-refractivity contribution is -0.0150. The summed E-state index contributed by atoms with van der Waals surface area (Å²) < 4.78 is 6.20. The average molecular weight is 242 g/mol. The summed E-state index contributed by atoms with van der Waals surface area (Å²) in [5, 5.41) is 0. The van der Waals surface area contributed by atoms with Crippen LogP contribution in [0.3, 0.4) is 0 Å². The highest BCUT2D eigenvalue weighted by molar-refractivity contribution is 5.14. The van der Waals surface area contributed by atoms with Crippen LogP contribution in [0.15, 0.2) is 47.7 Å². The van der Waals surface area contributed by atoms with Crippen molar-refractivity contribution in [2.75, 3.05) is 0 Å². The molecule has 1 aromatic carbocycles. The van der Waals surface area contributed by atoms with Crippen LogP contribution >= 0.6 is 0 Å². The number of rotatable bonds is 4. The van der Waals surface area contributed by atoms with E-state index < -0.39 is 0 Å². The molecule has 1 saturated carbocycles. The van der Waals surface area contributed by atoms with Crippen LogP contribution in [0.2, 0.25) is 0 Å². The minimum atomic E-state index is -0.0763. The van der Waals surface area contributed by atoms with E-state index >= 15 is 0 Å². The summed E-state index contributed by atoms with van der Waals surface area (Å²) in [6, 6.07) is 10.4. The average Bonchev–Trinajstić information content (AvgIpc) is 2.85. The fourth-order valence-electron chi connectivity index (χ4n) is 2.38. The van der Waals surface area contributed by atoms with Crippen molar-refractivity contribution in [3.8, 4) is 0 Å². The fourth-order valence-corrected chi connectivity index (χ4v) is 2.38. The van der Waals surface area contributed by atoms with Gasteiger partial charge in [-0.2, -0.15) is 0 Å². The van der Waals surface area contributed by atoms with E-state index in [-0.39, 0.29) is 5.60 Å². The first-order valence-corrected chi connectivity index (χ1v) is 6.79. The SMILES string of the molecule is CC(C)=C=CC1(OCc2ccccc2)CCCC1. The second-order valence-electron chi connectivity index (χ2n) is 5.33. The molecule has 0 amide bonds. The van der Waals surface area contributed by atoms with Gasteiger partial charge in [0.15, 0.2) is 0 Å². The molecule has 0 heterocycles. The van der Waals surface area contributed by atoms with Gasteiger partial charge in [0.1, 0.15) is 0 Å². The summed E-state index contributed by atoms with van der Waals surface area (Å²) in [5.41, 5.74) is 5.71. The maximum absolute atomic E-state index is 6.20. The highest BCUT2D eigenvalue weighted by Gasteiger charge is 2.32. The Bertz CT molecular complexity index is 428. The van der Waals surface area contributed by atoms with Gasteiger partial charge in [0, 0.05) is 0 Å². The van der Waals surface area contributed by atoms with Crippen molar-refractivity contribution in [2.45, 2.75) is 51.7 Å². The van der Waals surface area contributed by atoms with Crippen LogP contribution in [0.5, 0.6) is 0 Å². The molecule has 0 unspecified atom stereocenters. The molecule has 1 aliphatic carbocycles. The van der Waals surface area contributed by atoms with Gasteiger partial charge in [-0.15, -0.1) is 5.73 Å². The molecule has 1 heteroatoms. The van der Waals surface area contributed by atoms with Gasteiger partial charge < -0.3 is 4.74 Å². The first-order chi connectivity index (χ1) is 8.70. The molecule has 0 atom stereocenters. The molecule has 0 aliphatic heterocycles. The van der Waals surface area contributed by atoms with E-state index in [4.69, 9.17) is 4.74 Å². The molecular formula is C17H22O. The van der Waals surface area contributed by atoms with Crippen molar-refractivity contribution in [3.05, 3.63) is 53.3 Å². The van der Waals surface area contributed by atoms with E-state index in [0.717, 1.165) is 12.8 Å². The molecule has 2 rings (SSSR count). The standard InChI is InChI=1S/C17H22O/c1-15(2)10-13-17(11-6-7-12-17)18-14-16-8-4-3-5-9-16/h3-5,8-9,13H,6-7,11-12,14H2,1-2H3. The van der Waals surface area contributed by atoms with Gasteiger partial charge in [0.05, 0.1) is 12.2 Å². The summed E-state index contributed by atoms with van der Waals surface area (Å²) in [6.07, 6.45) is 6.92. The van der Waals surface area contributed by atoms with Crippen molar-refractivity contribution in [1.82, 2.24) is 0 Å². The lowest BCUT2D eigenvalue weighted by Gasteiger charge is -2.25. The van der Waals surface area contributed by atoms with Crippen LogP contribution < -0.4 is 0 Å². The predicted molar refractivity (Wildman–Crippen MR) is 75.4 cm³/mol. The van der Waals surface area contributed by atoms with E-state index in [1.807, 2.05) is 6.07 Å². The van der Waals surface area contributed by atoms with Gasteiger partial charge in [-0.1, -0.05) is 43.2 Å². The molecule has 1 nitrogen and oxygen atoms in total. The molecule has 0 bridgehead atoms. The first kappa shape index (κ1) is 13.1. The quantitative estimate of drug-likeness (QED) is 0.699. The summed E-state index contributed by atoms with van der Waals surface area (Å²) in [5.74, 6) is 0. The molecule has 0 radical (unpaired) electrons. The zero-order valence-electron chi connectivity index (χ0n) is 11.4. The van der Waals surface area contributed by atoms with Crippen molar-refractivity contribution < 1.29 is 4.74 Å². The third kappa shape index (κ3) is 3.60. The lowest BCUT2D eigenvalue weighted by Crippen LogP contribution is -2.25. The van der Waals surface area contributed by atoms with E-state index in [0.29, 0.717) is 6.61 Å². The van der Waals surface area contributed by atoms with Crippen molar-refractivity contribution in [1.29, 1.82) is 0 Å². The van der Waals surface area contributed by atoms with Gasteiger partial charge in [0.25, 0.3) is 0 Å². The largest absolute Gasteiger partial charge is 0.366 e. The van der Waals surface area contributed by atoms with Gasteiger partial charge in [-0.25, -0.2) is 0 Å². The molecule has 0 spiro atoms. The predicted octanol–water partition coefficient (Wildman–Crippen LogP) is 4.64. The van der Waals surface area contributed by atoms with Crippen LogP contribution in [0.1, 0.15) is 45.1 Å². The Hall–Kier alpha value is -1.30. The molecule has 96 valence electrons. The third-order valence-corrected chi connectivity index (χ3v) is 3.44. The Balaban J connectivity index is 2.05. The van der Waals surface area contributed by atoms with Crippen LogP contribution in [0.25, 0.3) is 0 Å². The van der Waals surface area contributed by atoms with Gasteiger partial charge >= 0.3 is 0 Å². The minimum absolute atomic E-state index is 0.0763. The maximum atomic E-state index is 6.20. The Kier molecular flexibility index (Phi) is 4.41. The molecule has 0 aromatic heterocycles. The van der Waals surface area contributed by atoms with Gasteiger partial charge in [-0.05, 0) is 43.9 Å². The summed E-state index contributed by atoms with van der Waals surface area (Å²) in [6.45, 7) is 4.86. The van der Waals surface area contributed by atoms with E-state index in [9.17, 15) is 0 Å². The first-order valence-electron chi connectivity index (χ1n) is 6.79. The molecule has 0 N–H and O–H groups in total. The number of benzene rings is 1. The molecule has 1 aromatic rings. The lowest BCUT2D eigenvalue weighted by atomic mass is 10.0. The van der Waals surface area contributed by atoms with E-state index in [1.54, 1.807) is 0 Å². The number of hydrogen-bond donors (Lipinski definition) is 0. The number of ether oxygens (including phenoxy) is 1. The van der Waals surface area contributed by atoms with Crippen LogP contribution in [0.4, 0.5) is 0 Å². The summed E-state index contributed by atoms with van der Waals surface area (Å²) in [4.78, 5) is 0. The third-order valence-electron chi connectivity index (χ3n) is 3.44. The van der Waals surface area contributed by atoms with Crippen molar-refractivity contribution in [3.63, 3.8) is 0 Å². The zero-order chi connectivity index (χ0) is 12.8. The Morgan fingerprint density at radius 3 is 2.50 bits per heavy atom. The van der Waals surface area contributed by atoms with E-state index in [1.165, 1.54) is 24.0 Å². The van der Waals surface area contributed by atoms with Gasteiger partial charge in [-0.3, -0.25) is 0 Å².